The summed E-state index contributed by atoms with van der Waals surface area (Å²) in [6, 6.07) is 0. The summed E-state index contributed by atoms with van der Waals surface area (Å²) in [6.45, 7) is 5.60. The summed E-state index contributed by atoms with van der Waals surface area (Å²) >= 11 is 0. The number of hydrogen-bond acceptors (Lipinski definition) is 6. The topological polar surface area (TPSA) is 84.4 Å². The Labute approximate surface area is 120 Å². The van der Waals surface area contributed by atoms with Crippen LogP contribution in [0.25, 0.3) is 0 Å². The summed E-state index contributed by atoms with van der Waals surface area (Å²) in [5, 5.41) is 3.00. The Morgan fingerprint density at radius 1 is 1.30 bits per heavy atom. The molecule has 0 saturated heterocycles. The van der Waals surface area contributed by atoms with Gasteiger partial charge in [0.2, 0.25) is 16.0 Å². The van der Waals surface area contributed by atoms with Crippen LogP contribution in [-0.2, 0) is 14.8 Å². The first kappa shape index (κ1) is 16.8. The maximum Gasteiger partial charge on any atom is 0.246 e. The van der Waals surface area contributed by atoms with Crippen LogP contribution in [0.4, 0.5) is 5.95 Å². The van der Waals surface area contributed by atoms with Crippen molar-refractivity contribution in [2.45, 2.75) is 25.2 Å². The standard InChI is InChI=1S/C12H22N4O3S/c1-4-6-13-12-14-9-11(10-15-12)20(17,18)16(5-2)7-8-19-3/h9-10H,4-8H2,1-3H3,(H,13,14,15). The number of likely N-dealkylation sites (N-methyl/N-ethyl adjacent to an activating group) is 1. The molecule has 7 nitrogen and oxygen atoms in total. The van der Waals surface area contributed by atoms with Gasteiger partial charge in [-0.25, -0.2) is 18.4 Å². The fourth-order valence-corrected chi connectivity index (χ4v) is 2.89. The van der Waals surface area contributed by atoms with Crippen LogP contribution in [0.15, 0.2) is 17.3 Å². The van der Waals surface area contributed by atoms with Gasteiger partial charge in [-0.1, -0.05) is 13.8 Å². The van der Waals surface area contributed by atoms with Crippen LogP contribution in [0.2, 0.25) is 0 Å². The number of sulfonamides is 1. The number of nitrogens with zero attached hydrogens (tertiary/aromatic N) is 3. The number of rotatable bonds is 9. The van der Waals surface area contributed by atoms with Crippen molar-refractivity contribution in [2.75, 3.05) is 38.7 Å². The van der Waals surface area contributed by atoms with Crippen molar-refractivity contribution in [3.05, 3.63) is 12.4 Å². The quantitative estimate of drug-likeness (QED) is 0.731. The van der Waals surface area contributed by atoms with Gasteiger partial charge >= 0.3 is 0 Å². The third-order valence-electron chi connectivity index (χ3n) is 2.70. The second-order valence-corrected chi connectivity index (χ2v) is 6.10. The second-order valence-electron chi connectivity index (χ2n) is 4.16. The van der Waals surface area contributed by atoms with Crippen LogP contribution < -0.4 is 5.32 Å². The fraction of sp³-hybridized carbons (Fsp3) is 0.667. The van der Waals surface area contributed by atoms with Gasteiger partial charge in [0.15, 0.2) is 0 Å². The largest absolute Gasteiger partial charge is 0.383 e. The Hall–Kier alpha value is -1.25. The molecule has 0 bridgehead atoms. The molecule has 0 fully saturated rings. The minimum absolute atomic E-state index is 0.0949. The summed E-state index contributed by atoms with van der Waals surface area (Å²) in [4.78, 5) is 8.14. The van der Waals surface area contributed by atoms with Gasteiger partial charge < -0.3 is 10.1 Å². The molecule has 8 heteroatoms. The van der Waals surface area contributed by atoms with Crippen LogP contribution in [0.3, 0.4) is 0 Å². The Morgan fingerprint density at radius 3 is 2.45 bits per heavy atom. The van der Waals surface area contributed by atoms with Crippen molar-refractivity contribution < 1.29 is 13.2 Å². The van der Waals surface area contributed by atoms with Crippen molar-refractivity contribution >= 4 is 16.0 Å². The van der Waals surface area contributed by atoms with Crippen molar-refractivity contribution in [1.82, 2.24) is 14.3 Å². The number of nitrogens with one attached hydrogen (secondary N) is 1. The second kappa shape index (κ2) is 8.13. The van der Waals surface area contributed by atoms with E-state index in [1.54, 1.807) is 6.92 Å². The lowest BCUT2D eigenvalue weighted by Crippen LogP contribution is -2.33. The highest BCUT2D eigenvalue weighted by Gasteiger charge is 2.23. The molecule has 114 valence electrons. The van der Waals surface area contributed by atoms with E-state index in [4.69, 9.17) is 4.74 Å². The molecule has 0 unspecified atom stereocenters. The summed E-state index contributed by atoms with van der Waals surface area (Å²) < 4.78 is 31.0. The third-order valence-corrected chi connectivity index (χ3v) is 4.62. The van der Waals surface area contributed by atoms with E-state index in [1.807, 2.05) is 6.92 Å². The van der Waals surface area contributed by atoms with Crippen LogP contribution >= 0.6 is 0 Å². The van der Waals surface area contributed by atoms with Gasteiger partial charge in [-0.05, 0) is 6.42 Å². The molecular formula is C12H22N4O3S. The highest BCUT2D eigenvalue weighted by atomic mass is 32.2. The molecule has 0 aromatic carbocycles. The Morgan fingerprint density at radius 2 is 1.95 bits per heavy atom. The number of aromatic nitrogens is 2. The third kappa shape index (κ3) is 4.39. The molecule has 0 aliphatic heterocycles. The molecule has 0 radical (unpaired) electrons. The predicted molar refractivity (Wildman–Crippen MR) is 77.1 cm³/mol. The van der Waals surface area contributed by atoms with Crippen molar-refractivity contribution in [3.8, 4) is 0 Å². The lowest BCUT2D eigenvalue weighted by molar-refractivity contribution is 0.180. The average molecular weight is 302 g/mol. The maximum absolute atomic E-state index is 12.4. The molecule has 0 aliphatic carbocycles. The molecule has 20 heavy (non-hydrogen) atoms. The number of hydrogen-bond donors (Lipinski definition) is 1. The van der Waals surface area contributed by atoms with Gasteiger partial charge in [0.25, 0.3) is 0 Å². The molecule has 0 amide bonds. The van der Waals surface area contributed by atoms with Gasteiger partial charge in [0.1, 0.15) is 4.90 Å². The van der Waals surface area contributed by atoms with E-state index in [2.05, 4.69) is 15.3 Å². The average Bonchev–Trinajstić information content (AvgIpc) is 2.46. The predicted octanol–water partition coefficient (Wildman–Crippen LogP) is 0.955. The molecule has 1 rings (SSSR count). The maximum atomic E-state index is 12.4. The van der Waals surface area contributed by atoms with Gasteiger partial charge in [0, 0.05) is 26.7 Å². The summed E-state index contributed by atoms with van der Waals surface area (Å²) in [6.07, 6.45) is 3.61. The van der Waals surface area contributed by atoms with E-state index >= 15 is 0 Å². The molecule has 0 saturated carbocycles. The van der Waals surface area contributed by atoms with Crippen molar-refractivity contribution in [3.63, 3.8) is 0 Å². The highest BCUT2D eigenvalue weighted by Crippen LogP contribution is 2.14. The van der Waals surface area contributed by atoms with Crippen LogP contribution in [0.1, 0.15) is 20.3 Å². The van der Waals surface area contributed by atoms with E-state index in [0.717, 1.165) is 13.0 Å². The van der Waals surface area contributed by atoms with E-state index in [0.29, 0.717) is 25.6 Å². The molecule has 0 spiro atoms. The lowest BCUT2D eigenvalue weighted by atomic mass is 10.5. The first-order chi connectivity index (χ1) is 9.56. The summed E-state index contributed by atoms with van der Waals surface area (Å²) in [5.74, 6) is 0.436. The Bertz CT molecular complexity index is 490. The van der Waals surface area contributed by atoms with Crippen LogP contribution in [0.5, 0.6) is 0 Å². The van der Waals surface area contributed by atoms with E-state index in [9.17, 15) is 8.42 Å². The van der Waals surface area contributed by atoms with Gasteiger partial charge in [-0.2, -0.15) is 4.31 Å². The zero-order chi connectivity index (χ0) is 15.0. The molecule has 1 aromatic heterocycles. The summed E-state index contributed by atoms with van der Waals surface area (Å²) in [5.41, 5.74) is 0. The Balaban J connectivity index is 2.85. The minimum atomic E-state index is -3.56. The molecule has 1 aromatic rings. The smallest absolute Gasteiger partial charge is 0.246 e. The molecule has 1 heterocycles. The minimum Gasteiger partial charge on any atom is -0.383 e. The Kier molecular flexibility index (Phi) is 6.83. The molecule has 0 atom stereocenters. The SMILES string of the molecule is CCCNc1ncc(S(=O)(=O)N(CC)CCOC)cn1. The zero-order valence-corrected chi connectivity index (χ0v) is 13.0. The lowest BCUT2D eigenvalue weighted by Gasteiger charge is -2.19. The molecule has 0 aliphatic rings. The number of ether oxygens (including phenoxy) is 1. The number of anilines is 1. The van der Waals surface area contributed by atoms with Gasteiger partial charge in [-0.3, -0.25) is 0 Å². The van der Waals surface area contributed by atoms with Crippen LogP contribution in [0, 0.1) is 0 Å². The fourth-order valence-electron chi connectivity index (χ4n) is 1.57. The van der Waals surface area contributed by atoms with E-state index in [1.165, 1.54) is 23.8 Å². The van der Waals surface area contributed by atoms with E-state index < -0.39 is 10.0 Å². The first-order valence-corrected chi connectivity index (χ1v) is 8.05. The first-order valence-electron chi connectivity index (χ1n) is 6.61. The molecule has 1 N–H and O–H groups in total. The number of methoxy groups -OCH3 is 1. The van der Waals surface area contributed by atoms with Crippen LogP contribution in [-0.4, -0.2) is 56.0 Å². The van der Waals surface area contributed by atoms with E-state index in [-0.39, 0.29) is 4.90 Å². The monoisotopic (exact) mass is 302 g/mol. The van der Waals surface area contributed by atoms with Crippen molar-refractivity contribution in [2.24, 2.45) is 0 Å². The molecular weight excluding hydrogens is 280 g/mol. The van der Waals surface area contributed by atoms with Crippen molar-refractivity contribution in [1.29, 1.82) is 0 Å². The summed E-state index contributed by atoms with van der Waals surface area (Å²) in [7, 11) is -2.02. The highest BCUT2D eigenvalue weighted by molar-refractivity contribution is 7.89. The zero-order valence-electron chi connectivity index (χ0n) is 12.2. The van der Waals surface area contributed by atoms with Gasteiger partial charge in [0.05, 0.1) is 19.0 Å². The normalized spacial score (nSPS) is 11.8. The van der Waals surface area contributed by atoms with Gasteiger partial charge in [-0.15, -0.1) is 0 Å².